The van der Waals surface area contributed by atoms with Gasteiger partial charge in [0.25, 0.3) is 0 Å². The van der Waals surface area contributed by atoms with Gasteiger partial charge in [0.1, 0.15) is 5.76 Å². The van der Waals surface area contributed by atoms with Crippen LogP contribution < -0.4 is 0 Å². The van der Waals surface area contributed by atoms with Crippen molar-refractivity contribution in [2.75, 3.05) is 13.1 Å². The molecule has 1 fully saturated rings. The Morgan fingerprint density at radius 1 is 1.00 bits per heavy atom. The molecule has 3 heteroatoms. The minimum atomic E-state index is 0.701. The van der Waals surface area contributed by atoms with E-state index in [1.165, 1.54) is 30.5 Å². The zero-order chi connectivity index (χ0) is 17.9. The second-order valence-electron chi connectivity index (χ2n) is 7.24. The molecule has 1 saturated heterocycles. The topological polar surface area (TPSA) is 29.3 Å². The molecule has 0 aliphatic carbocycles. The molecule has 0 N–H and O–H groups in total. The Morgan fingerprint density at radius 3 is 2.38 bits per heavy atom. The number of rotatable bonds is 5. The fraction of sp³-hybridized carbons (Fsp3) is 0.348. The lowest BCUT2D eigenvalue weighted by Gasteiger charge is -2.20. The molecule has 0 unspecified atom stereocenters. The van der Waals surface area contributed by atoms with Crippen LogP contribution in [0.15, 0.2) is 59.0 Å². The quantitative estimate of drug-likeness (QED) is 0.624. The SMILES string of the molecule is Cc1oc(-c2ccc(-c3ccccc3)cc2)nc1CCN1CCC[C@H]1C. The van der Waals surface area contributed by atoms with Gasteiger partial charge in [0.2, 0.25) is 5.89 Å². The summed E-state index contributed by atoms with van der Waals surface area (Å²) in [7, 11) is 0. The highest BCUT2D eigenvalue weighted by Crippen LogP contribution is 2.26. The van der Waals surface area contributed by atoms with Crippen molar-refractivity contribution >= 4 is 0 Å². The summed E-state index contributed by atoms with van der Waals surface area (Å²) in [5.41, 5.74) is 4.56. The average Bonchev–Trinajstić information content (AvgIpc) is 3.26. The minimum absolute atomic E-state index is 0.701. The third-order valence-electron chi connectivity index (χ3n) is 5.46. The molecule has 2 aromatic carbocycles. The molecule has 1 atom stereocenters. The van der Waals surface area contributed by atoms with Crippen molar-refractivity contribution in [3.63, 3.8) is 0 Å². The summed E-state index contributed by atoms with van der Waals surface area (Å²) < 4.78 is 5.96. The van der Waals surface area contributed by atoms with E-state index in [0.717, 1.165) is 35.9 Å². The maximum Gasteiger partial charge on any atom is 0.226 e. The summed E-state index contributed by atoms with van der Waals surface area (Å²) in [6.45, 7) is 6.63. The first-order valence-electron chi connectivity index (χ1n) is 9.57. The number of likely N-dealkylation sites (tertiary alicyclic amines) is 1. The van der Waals surface area contributed by atoms with E-state index in [2.05, 4.69) is 60.4 Å². The molecule has 3 aromatic rings. The Morgan fingerprint density at radius 2 is 1.69 bits per heavy atom. The van der Waals surface area contributed by atoms with Gasteiger partial charge < -0.3 is 9.32 Å². The molecule has 1 aromatic heterocycles. The van der Waals surface area contributed by atoms with Crippen LogP contribution in [0.3, 0.4) is 0 Å². The van der Waals surface area contributed by atoms with Gasteiger partial charge in [-0.15, -0.1) is 0 Å². The molecule has 134 valence electrons. The third kappa shape index (κ3) is 3.58. The Balaban J connectivity index is 1.48. The Bertz CT molecular complexity index is 852. The summed E-state index contributed by atoms with van der Waals surface area (Å²) in [6.07, 6.45) is 3.59. The number of oxazole rings is 1. The monoisotopic (exact) mass is 346 g/mol. The highest BCUT2D eigenvalue weighted by atomic mass is 16.4. The highest BCUT2D eigenvalue weighted by Gasteiger charge is 2.21. The summed E-state index contributed by atoms with van der Waals surface area (Å²) >= 11 is 0. The maximum absolute atomic E-state index is 5.96. The standard InChI is InChI=1S/C23H26N2O/c1-17-7-6-15-25(17)16-14-22-18(2)26-23(24-22)21-12-10-20(11-13-21)19-8-4-3-5-9-19/h3-5,8-13,17H,6-7,14-16H2,1-2H3/t17-/m1/s1. The molecule has 0 bridgehead atoms. The van der Waals surface area contributed by atoms with Crippen molar-refractivity contribution < 1.29 is 4.42 Å². The molecule has 3 nitrogen and oxygen atoms in total. The van der Waals surface area contributed by atoms with E-state index in [1.54, 1.807) is 0 Å². The Labute approximate surface area is 155 Å². The van der Waals surface area contributed by atoms with E-state index < -0.39 is 0 Å². The lowest BCUT2D eigenvalue weighted by Crippen LogP contribution is -2.29. The molecule has 1 aliphatic heterocycles. The van der Waals surface area contributed by atoms with Crippen LogP contribution in [0.5, 0.6) is 0 Å². The molecule has 26 heavy (non-hydrogen) atoms. The molecule has 0 spiro atoms. The van der Waals surface area contributed by atoms with Crippen LogP contribution in [-0.4, -0.2) is 29.0 Å². The van der Waals surface area contributed by atoms with E-state index in [0.29, 0.717) is 6.04 Å². The molecule has 1 aliphatic rings. The summed E-state index contributed by atoms with van der Waals surface area (Å²) in [4.78, 5) is 7.33. The van der Waals surface area contributed by atoms with E-state index >= 15 is 0 Å². The first-order valence-corrected chi connectivity index (χ1v) is 9.57. The molecular weight excluding hydrogens is 320 g/mol. The molecular formula is C23H26N2O. The second kappa shape index (κ2) is 7.46. The van der Waals surface area contributed by atoms with Gasteiger partial charge in [0, 0.05) is 24.6 Å². The van der Waals surface area contributed by atoms with Gasteiger partial charge in [-0.3, -0.25) is 0 Å². The van der Waals surface area contributed by atoms with E-state index in [4.69, 9.17) is 9.40 Å². The first-order chi connectivity index (χ1) is 12.7. The third-order valence-corrected chi connectivity index (χ3v) is 5.46. The molecule has 2 heterocycles. The lowest BCUT2D eigenvalue weighted by molar-refractivity contribution is 0.271. The van der Waals surface area contributed by atoms with Crippen molar-refractivity contribution in [2.24, 2.45) is 0 Å². The van der Waals surface area contributed by atoms with Gasteiger partial charge in [-0.05, 0) is 56.5 Å². The smallest absolute Gasteiger partial charge is 0.226 e. The number of hydrogen-bond donors (Lipinski definition) is 0. The number of aromatic nitrogens is 1. The van der Waals surface area contributed by atoms with Gasteiger partial charge in [-0.25, -0.2) is 4.98 Å². The van der Waals surface area contributed by atoms with Crippen LogP contribution in [0, 0.1) is 6.92 Å². The Hall–Kier alpha value is -2.39. The lowest BCUT2D eigenvalue weighted by atomic mass is 10.0. The number of hydrogen-bond acceptors (Lipinski definition) is 3. The van der Waals surface area contributed by atoms with Gasteiger partial charge in [-0.1, -0.05) is 42.5 Å². The normalized spacial score (nSPS) is 17.7. The van der Waals surface area contributed by atoms with Gasteiger partial charge >= 0.3 is 0 Å². The first kappa shape index (κ1) is 17.0. The molecule has 4 rings (SSSR count). The highest BCUT2D eigenvalue weighted by molar-refractivity contribution is 5.67. The van der Waals surface area contributed by atoms with E-state index in [-0.39, 0.29) is 0 Å². The maximum atomic E-state index is 5.96. The minimum Gasteiger partial charge on any atom is -0.441 e. The zero-order valence-electron chi connectivity index (χ0n) is 15.6. The van der Waals surface area contributed by atoms with Crippen LogP contribution in [-0.2, 0) is 6.42 Å². The fourth-order valence-electron chi connectivity index (χ4n) is 3.79. The Kier molecular flexibility index (Phi) is 4.89. The summed E-state index contributed by atoms with van der Waals surface area (Å²) in [5, 5.41) is 0. The van der Waals surface area contributed by atoms with Crippen molar-refractivity contribution in [1.82, 2.24) is 9.88 Å². The van der Waals surface area contributed by atoms with Crippen molar-refractivity contribution in [3.05, 3.63) is 66.1 Å². The largest absolute Gasteiger partial charge is 0.441 e. The van der Waals surface area contributed by atoms with Gasteiger partial charge in [0.15, 0.2) is 0 Å². The zero-order valence-corrected chi connectivity index (χ0v) is 15.6. The predicted molar refractivity (Wildman–Crippen MR) is 106 cm³/mol. The number of nitrogens with zero attached hydrogens (tertiary/aromatic N) is 2. The summed E-state index contributed by atoms with van der Waals surface area (Å²) in [5.74, 6) is 1.67. The van der Waals surface area contributed by atoms with E-state index in [9.17, 15) is 0 Å². The number of benzene rings is 2. The fourth-order valence-corrected chi connectivity index (χ4v) is 3.79. The van der Waals surface area contributed by atoms with Crippen LogP contribution in [0.2, 0.25) is 0 Å². The predicted octanol–water partition coefficient (Wildman–Crippen LogP) is 5.34. The molecule has 0 amide bonds. The van der Waals surface area contributed by atoms with Gasteiger partial charge in [0.05, 0.1) is 5.69 Å². The van der Waals surface area contributed by atoms with E-state index in [1.807, 2.05) is 13.0 Å². The van der Waals surface area contributed by atoms with Crippen LogP contribution in [0.1, 0.15) is 31.2 Å². The summed E-state index contributed by atoms with van der Waals surface area (Å²) in [6, 6.07) is 19.6. The average molecular weight is 346 g/mol. The van der Waals surface area contributed by atoms with Crippen molar-refractivity contribution in [3.8, 4) is 22.6 Å². The second-order valence-corrected chi connectivity index (χ2v) is 7.24. The molecule has 0 saturated carbocycles. The van der Waals surface area contributed by atoms with Gasteiger partial charge in [-0.2, -0.15) is 0 Å². The molecule has 0 radical (unpaired) electrons. The van der Waals surface area contributed by atoms with Crippen molar-refractivity contribution in [1.29, 1.82) is 0 Å². The number of aryl methyl sites for hydroxylation is 1. The van der Waals surface area contributed by atoms with Crippen LogP contribution in [0.4, 0.5) is 0 Å². The van der Waals surface area contributed by atoms with Crippen LogP contribution >= 0.6 is 0 Å². The van der Waals surface area contributed by atoms with Crippen molar-refractivity contribution in [2.45, 2.75) is 39.2 Å². The van der Waals surface area contributed by atoms with Crippen LogP contribution in [0.25, 0.3) is 22.6 Å².